The summed E-state index contributed by atoms with van der Waals surface area (Å²) in [6.07, 6.45) is 8.85. The molecule has 4 rings (SSSR count). The lowest BCUT2D eigenvalue weighted by atomic mass is 9.97. The first-order chi connectivity index (χ1) is 15.1. The van der Waals surface area contributed by atoms with Crippen LogP contribution in [0.5, 0.6) is 5.75 Å². The highest BCUT2D eigenvalue weighted by Gasteiger charge is 2.25. The van der Waals surface area contributed by atoms with Crippen LogP contribution in [0.3, 0.4) is 0 Å². The summed E-state index contributed by atoms with van der Waals surface area (Å²) in [5.41, 5.74) is 2.15. The minimum atomic E-state index is -0.184. The molecule has 1 saturated heterocycles. The Labute approximate surface area is 181 Å². The molecule has 1 N–H and O–H groups in total. The van der Waals surface area contributed by atoms with E-state index >= 15 is 0 Å². The van der Waals surface area contributed by atoms with Gasteiger partial charge in [0.25, 0.3) is 5.91 Å². The lowest BCUT2D eigenvalue weighted by Gasteiger charge is -2.32. The molecule has 8 nitrogen and oxygen atoms in total. The number of anilines is 1. The topological polar surface area (TPSA) is 93.1 Å². The van der Waals surface area contributed by atoms with Crippen LogP contribution in [0.15, 0.2) is 49.1 Å². The molecular formula is C23H26N6O2. The number of rotatable bonds is 6. The van der Waals surface area contributed by atoms with Gasteiger partial charge in [-0.25, -0.2) is 15.0 Å². The number of methoxy groups -OCH3 is 1. The molecule has 1 fully saturated rings. The number of piperidine rings is 1. The van der Waals surface area contributed by atoms with Crippen LogP contribution >= 0.6 is 0 Å². The van der Waals surface area contributed by atoms with Crippen molar-refractivity contribution >= 4 is 11.7 Å². The van der Waals surface area contributed by atoms with Crippen LogP contribution in [0, 0.1) is 6.92 Å². The van der Waals surface area contributed by atoms with Gasteiger partial charge in [-0.15, -0.1) is 0 Å². The Morgan fingerprint density at radius 3 is 2.94 bits per heavy atom. The molecule has 0 saturated carbocycles. The van der Waals surface area contributed by atoms with Crippen LogP contribution < -0.4 is 15.0 Å². The average Bonchev–Trinajstić information content (AvgIpc) is 2.83. The Hall–Kier alpha value is -3.55. The third-order valence-corrected chi connectivity index (χ3v) is 5.49. The minimum absolute atomic E-state index is 0.184. The van der Waals surface area contributed by atoms with Gasteiger partial charge >= 0.3 is 0 Å². The monoisotopic (exact) mass is 418 g/mol. The van der Waals surface area contributed by atoms with Crippen molar-refractivity contribution in [3.63, 3.8) is 0 Å². The fourth-order valence-electron chi connectivity index (χ4n) is 3.82. The maximum absolute atomic E-state index is 12.7. The number of amides is 1. The van der Waals surface area contributed by atoms with Gasteiger partial charge in [-0.3, -0.25) is 9.78 Å². The van der Waals surface area contributed by atoms with E-state index in [1.54, 1.807) is 31.9 Å². The molecule has 2 aromatic heterocycles. The van der Waals surface area contributed by atoms with Gasteiger partial charge in [0, 0.05) is 44.1 Å². The fourth-order valence-corrected chi connectivity index (χ4v) is 3.82. The van der Waals surface area contributed by atoms with Crippen LogP contribution in [0.1, 0.15) is 46.2 Å². The molecule has 3 heterocycles. The highest BCUT2D eigenvalue weighted by molar-refractivity contribution is 5.94. The van der Waals surface area contributed by atoms with Crippen LogP contribution in [-0.4, -0.2) is 46.0 Å². The lowest BCUT2D eigenvalue weighted by molar-refractivity contribution is 0.0949. The predicted octanol–water partition coefficient (Wildman–Crippen LogP) is 2.90. The van der Waals surface area contributed by atoms with Crippen molar-refractivity contribution in [3.8, 4) is 5.75 Å². The summed E-state index contributed by atoms with van der Waals surface area (Å²) in [6.45, 7) is 4.00. The first kappa shape index (κ1) is 20.7. The molecule has 1 unspecified atom stereocenters. The zero-order chi connectivity index (χ0) is 21.6. The van der Waals surface area contributed by atoms with E-state index in [1.807, 2.05) is 31.2 Å². The van der Waals surface area contributed by atoms with Gasteiger partial charge in [-0.2, -0.15) is 0 Å². The standard InChI is InChI=1S/C23H26N6O2/c1-16-20(23(30)27-12-17-5-3-7-19(11-17)31-2)13-26-22(28-16)18-6-4-10-29(15-18)21-14-24-8-9-25-21/h3,5,7-9,11,13-14,18H,4,6,10,12,15H2,1-2H3,(H,27,30). The second kappa shape index (κ2) is 9.51. The van der Waals surface area contributed by atoms with E-state index in [1.165, 1.54) is 0 Å². The number of aromatic nitrogens is 4. The van der Waals surface area contributed by atoms with Gasteiger partial charge in [0.1, 0.15) is 17.4 Å². The number of carbonyl (C=O) groups is 1. The Morgan fingerprint density at radius 1 is 1.26 bits per heavy atom. The predicted molar refractivity (Wildman–Crippen MR) is 117 cm³/mol. The lowest BCUT2D eigenvalue weighted by Crippen LogP contribution is -2.35. The van der Waals surface area contributed by atoms with Crippen LogP contribution in [0.2, 0.25) is 0 Å². The van der Waals surface area contributed by atoms with Crippen LogP contribution in [0.25, 0.3) is 0 Å². The molecule has 1 atom stereocenters. The second-order valence-electron chi connectivity index (χ2n) is 7.61. The molecule has 0 spiro atoms. The first-order valence-corrected chi connectivity index (χ1v) is 10.4. The third kappa shape index (κ3) is 4.96. The summed E-state index contributed by atoms with van der Waals surface area (Å²) in [6, 6.07) is 7.62. The summed E-state index contributed by atoms with van der Waals surface area (Å²) in [4.78, 5) is 32.7. The van der Waals surface area contributed by atoms with E-state index < -0.39 is 0 Å². The maximum Gasteiger partial charge on any atom is 0.254 e. The largest absolute Gasteiger partial charge is 0.497 e. The molecule has 1 aromatic carbocycles. The van der Waals surface area contributed by atoms with E-state index in [4.69, 9.17) is 4.74 Å². The maximum atomic E-state index is 12.7. The van der Waals surface area contributed by atoms with Gasteiger partial charge in [0.15, 0.2) is 0 Å². The Kier molecular flexibility index (Phi) is 6.35. The van der Waals surface area contributed by atoms with Crippen LogP contribution in [-0.2, 0) is 6.54 Å². The summed E-state index contributed by atoms with van der Waals surface area (Å²) in [7, 11) is 1.62. The number of aryl methyl sites for hydroxylation is 1. The summed E-state index contributed by atoms with van der Waals surface area (Å²) in [5.74, 6) is 2.42. The first-order valence-electron chi connectivity index (χ1n) is 10.4. The molecule has 1 aliphatic rings. The molecule has 1 amide bonds. The molecule has 0 radical (unpaired) electrons. The van der Waals surface area contributed by atoms with E-state index in [-0.39, 0.29) is 11.8 Å². The smallest absolute Gasteiger partial charge is 0.254 e. The number of carbonyl (C=O) groups excluding carboxylic acids is 1. The molecule has 1 aliphatic heterocycles. The van der Waals surface area contributed by atoms with Crippen molar-refractivity contribution in [2.45, 2.75) is 32.2 Å². The van der Waals surface area contributed by atoms with Crippen molar-refractivity contribution in [3.05, 3.63) is 71.7 Å². The number of nitrogens with one attached hydrogen (secondary N) is 1. The van der Waals surface area contributed by atoms with E-state index in [2.05, 4.69) is 30.2 Å². The summed E-state index contributed by atoms with van der Waals surface area (Å²) >= 11 is 0. The molecule has 3 aromatic rings. The zero-order valence-electron chi connectivity index (χ0n) is 17.8. The van der Waals surface area contributed by atoms with E-state index in [9.17, 15) is 4.79 Å². The van der Waals surface area contributed by atoms with Gasteiger partial charge < -0.3 is 15.0 Å². The SMILES string of the molecule is COc1cccc(CNC(=O)c2cnc(C3CCCN(c4cnccn4)C3)nc2C)c1. The van der Waals surface area contributed by atoms with Crippen molar-refractivity contribution < 1.29 is 9.53 Å². The van der Waals surface area contributed by atoms with Gasteiger partial charge in [0.2, 0.25) is 0 Å². The minimum Gasteiger partial charge on any atom is -0.497 e. The highest BCUT2D eigenvalue weighted by atomic mass is 16.5. The number of nitrogens with zero attached hydrogens (tertiary/aromatic N) is 5. The Morgan fingerprint density at radius 2 is 2.16 bits per heavy atom. The van der Waals surface area contributed by atoms with E-state index in [0.29, 0.717) is 17.8 Å². The van der Waals surface area contributed by atoms with Crippen molar-refractivity contribution in [2.75, 3.05) is 25.1 Å². The molecular weight excluding hydrogens is 392 g/mol. The van der Waals surface area contributed by atoms with Crippen molar-refractivity contribution in [1.82, 2.24) is 25.3 Å². The Bertz CT molecular complexity index is 1040. The molecule has 31 heavy (non-hydrogen) atoms. The van der Waals surface area contributed by atoms with Gasteiger partial charge in [0.05, 0.1) is 24.6 Å². The Balaban J connectivity index is 1.42. The quantitative estimate of drug-likeness (QED) is 0.658. The molecule has 8 heteroatoms. The fraction of sp³-hybridized carbons (Fsp3) is 0.348. The zero-order valence-corrected chi connectivity index (χ0v) is 17.8. The number of hydrogen-bond acceptors (Lipinski definition) is 7. The highest BCUT2D eigenvalue weighted by Crippen LogP contribution is 2.27. The molecule has 0 bridgehead atoms. The van der Waals surface area contributed by atoms with Crippen molar-refractivity contribution in [2.24, 2.45) is 0 Å². The summed E-state index contributed by atoms with van der Waals surface area (Å²) < 4.78 is 5.23. The number of ether oxygens (including phenoxy) is 1. The van der Waals surface area contributed by atoms with Crippen LogP contribution in [0.4, 0.5) is 5.82 Å². The summed E-state index contributed by atoms with van der Waals surface area (Å²) in [5, 5.41) is 2.94. The molecule has 0 aliphatic carbocycles. The third-order valence-electron chi connectivity index (χ3n) is 5.49. The normalized spacial score (nSPS) is 16.1. The number of benzene rings is 1. The average molecular weight is 419 g/mol. The van der Waals surface area contributed by atoms with Crippen molar-refractivity contribution in [1.29, 1.82) is 0 Å². The van der Waals surface area contributed by atoms with Gasteiger partial charge in [-0.05, 0) is 37.5 Å². The van der Waals surface area contributed by atoms with Gasteiger partial charge in [-0.1, -0.05) is 12.1 Å². The number of hydrogen-bond donors (Lipinski definition) is 1. The molecule has 160 valence electrons. The second-order valence-corrected chi connectivity index (χ2v) is 7.61. The van der Waals surface area contributed by atoms with E-state index in [0.717, 1.165) is 48.9 Å².